The van der Waals surface area contributed by atoms with Gasteiger partial charge in [-0.3, -0.25) is 16.0 Å². The molecule has 0 aromatic heterocycles. The van der Waals surface area contributed by atoms with Crippen molar-refractivity contribution in [3.05, 3.63) is 0 Å². The smallest absolute Gasteiger partial charge is 0.289 e. The fraction of sp³-hybridized carbons (Fsp3) is 0.714. The molecule has 1 aliphatic heterocycles. The molecule has 0 aromatic carbocycles. The molecule has 16 heavy (non-hydrogen) atoms. The van der Waals surface area contributed by atoms with Gasteiger partial charge in [0.1, 0.15) is 0 Å². The predicted molar refractivity (Wildman–Crippen MR) is 53.1 cm³/mol. The maximum absolute atomic E-state index is 12.9. The van der Waals surface area contributed by atoms with Crippen molar-refractivity contribution in [1.82, 2.24) is 16.0 Å². The van der Waals surface area contributed by atoms with Gasteiger partial charge < -0.3 is 10.2 Å². The molecular weight excluding hydrogens is 224 g/mol. The van der Waals surface area contributed by atoms with Gasteiger partial charge in [-0.05, 0) is 0 Å². The number of hydrogen-bond acceptors (Lipinski definition) is 7. The summed E-state index contributed by atoms with van der Waals surface area (Å²) < 4.78 is 25.8. The van der Waals surface area contributed by atoms with Crippen LogP contribution < -0.4 is 16.0 Å². The number of nitrogens with one attached hydrogen (secondary N) is 3. The normalized spacial score (nSPS) is 18.8. The Morgan fingerprint density at radius 3 is 1.88 bits per heavy atom. The van der Waals surface area contributed by atoms with Gasteiger partial charge >= 0.3 is 0 Å². The van der Waals surface area contributed by atoms with E-state index in [1.54, 1.807) is 5.32 Å². The van der Waals surface area contributed by atoms with Crippen molar-refractivity contribution >= 4 is 12.2 Å². The van der Waals surface area contributed by atoms with Crippen molar-refractivity contribution in [2.75, 3.05) is 26.3 Å². The molecule has 9 heteroatoms. The summed E-state index contributed by atoms with van der Waals surface area (Å²) in [7, 11) is 0. The van der Waals surface area contributed by atoms with E-state index >= 15 is 0 Å². The number of aliphatic imine (C=N–C) groups is 2. The summed E-state index contributed by atoms with van der Waals surface area (Å²) in [6, 6.07) is 0. The van der Waals surface area contributed by atoms with E-state index in [4.69, 9.17) is 10.2 Å². The maximum atomic E-state index is 12.9. The third-order valence-electron chi connectivity index (χ3n) is 1.69. The van der Waals surface area contributed by atoms with Crippen LogP contribution in [-0.4, -0.2) is 54.6 Å². The van der Waals surface area contributed by atoms with Crippen LogP contribution >= 0.6 is 0 Å². The molecule has 5 N–H and O–H groups in total. The second-order valence-corrected chi connectivity index (χ2v) is 2.90. The predicted octanol–water partition coefficient (Wildman–Crippen LogP) is -1.98. The van der Waals surface area contributed by atoms with Crippen molar-refractivity contribution in [3.63, 3.8) is 0 Å². The molecule has 92 valence electrons. The molecule has 0 saturated heterocycles. The molecule has 0 fully saturated rings. The largest absolute Gasteiger partial charge is 0.395 e. The highest BCUT2D eigenvalue weighted by atomic mass is 19.2. The van der Waals surface area contributed by atoms with Crippen LogP contribution in [0, 0.1) is 0 Å². The first-order valence-electron chi connectivity index (χ1n) is 4.61. The van der Waals surface area contributed by atoms with Gasteiger partial charge in [-0.25, -0.2) is 0 Å². The van der Waals surface area contributed by atoms with Gasteiger partial charge in [0.25, 0.3) is 18.1 Å². The van der Waals surface area contributed by atoms with Crippen LogP contribution in [0.25, 0.3) is 0 Å². The molecule has 0 aliphatic carbocycles. The van der Waals surface area contributed by atoms with Crippen LogP contribution in [0.4, 0.5) is 8.78 Å². The van der Waals surface area contributed by atoms with Crippen LogP contribution in [0.15, 0.2) is 9.98 Å². The number of aliphatic hydroxyl groups excluding tert-OH is 2. The monoisotopic (exact) mass is 237 g/mol. The molecule has 0 unspecified atom stereocenters. The molecule has 7 nitrogen and oxygen atoms in total. The third kappa shape index (κ3) is 3.45. The highest BCUT2D eigenvalue weighted by molar-refractivity contribution is 5.93. The summed E-state index contributed by atoms with van der Waals surface area (Å²) in [5.41, 5.74) is 0. The lowest BCUT2D eigenvalue weighted by Crippen LogP contribution is -2.59. The van der Waals surface area contributed by atoms with Gasteiger partial charge in [0.05, 0.1) is 13.2 Å². The second-order valence-electron chi connectivity index (χ2n) is 2.90. The lowest BCUT2D eigenvalue weighted by atomic mass is 10.5. The average Bonchev–Trinajstić information content (AvgIpc) is 2.22. The molecule has 0 amide bonds. The Labute approximate surface area is 90.3 Å². The van der Waals surface area contributed by atoms with Gasteiger partial charge in [0.2, 0.25) is 0 Å². The van der Waals surface area contributed by atoms with Crippen LogP contribution in [0.3, 0.4) is 0 Å². The van der Waals surface area contributed by atoms with Gasteiger partial charge in [-0.1, -0.05) is 0 Å². The van der Waals surface area contributed by atoms with Crippen molar-refractivity contribution in [1.29, 1.82) is 0 Å². The fourth-order valence-electron chi connectivity index (χ4n) is 1.13. The Balaban J connectivity index is 2.79. The molecule has 1 rings (SSSR count). The Kier molecular flexibility index (Phi) is 4.68. The number of halogens is 2. The number of hydrogen-bond donors (Lipinski definition) is 5. The highest BCUT2D eigenvalue weighted by Gasteiger charge is 2.32. The van der Waals surface area contributed by atoms with Gasteiger partial charge in [-0.15, -0.1) is 0 Å². The Morgan fingerprint density at radius 2 is 1.50 bits per heavy atom. The Bertz CT molecular complexity index is 269. The van der Waals surface area contributed by atoms with Crippen molar-refractivity contribution in [2.45, 2.75) is 5.91 Å². The topological polar surface area (TPSA) is 101 Å². The highest BCUT2D eigenvalue weighted by Crippen LogP contribution is 2.10. The first kappa shape index (κ1) is 12.9. The zero-order valence-corrected chi connectivity index (χ0v) is 8.37. The van der Waals surface area contributed by atoms with E-state index in [2.05, 4.69) is 20.6 Å². The van der Waals surface area contributed by atoms with Crippen LogP contribution in [0.2, 0.25) is 0 Å². The minimum atomic E-state index is -1.73. The quantitative estimate of drug-likeness (QED) is 0.272. The molecule has 0 aromatic rings. The number of amidine groups is 2. The van der Waals surface area contributed by atoms with Crippen molar-refractivity contribution in [3.8, 4) is 0 Å². The lowest BCUT2D eigenvalue weighted by Gasteiger charge is -2.29. The van der Waals surface area contributed by atoms with E-state index < -0.39 is 18.1 Å². The summed E-state index contributed by atoms with van der Waals surface area (Å²) in [4.78, 5) is 6.81. The maximum Gasteiger partial charge on any atom is 0.289 e. The molecule has 1 aliphatic rings. The molecule has 0 saturated carbocycles. The fourth-order valence-corrected chi connectivity index (χ4v) is 1.13. The number of aliphatic hydroxyl groups is 2. The van der Waals surface area contributed by atoms with E-state index in [-0.39, 0.29) is 26.3 Å². The SMILES string of the molecule is OCCNC1(NCCO)N=C(F)NC(F)=N1. The average molecular weight is 237 g/mol. The van der Waals surface area contributed by atoms with E-state index in [9.17, 15) is 8.78 Å². The van der Waals surface area contributed by atoms with E-state index in [0.717, 1.165) is 0 Å². The Hall–Kier alpha value is -1.16. The lowest BCUT2D eigenvalue weighted by molar-refractivity contribution is 0.205. The van der Waals surface area contributed by atoms with Crippen molar-refractivity contribution in [2.24, 2.45) is 9.98 Å². The molecule has 0 spiro atoms. The summed E-state index contributed by atoms with van der Waals surface area (Å²) >= 11 is 0. The third-order valence-corrected chi connectivity index (χ3v) is 1.69. The Morgan fingerprint density at radius 1 is 1.06 bits per heavy atom. The van der Waals surface area contributed by atoms with Crippen LogP contribution in [0.1, 0.15) is 0 Å². The van der Waals surface area contributed by atoms with Gasteiger partial charge in [-0.2, -0.15) is 18.8 Å². The van der Waals surface area contributed by atoms with E-state index in [1.807, 2.05) is 0 Å². The standard InChI is InChI=1S/C7H13F2N5O2/c8-5-12-6(9)14-7(13-5,10-1-3-15)11-2-4-16/h10-11,15-16H,1-4H2,(H,12,13,14). The van der Waals surface area contributed by atoms with Crippen LogP contribution in [0.5, 0.6) is 0 Å². The second kappa shape index (κ2) is 5.80. The number of nitrogens with zero attached hydrogens (tertiary/aromatic N) is 2. The van der Waals surface area contributed by atoms with Gasteiger partial charge in [0, 0.05) is 13.1 Å². The zero-order chi connectivity index (χ0) is 12.0. The van der Waals surface area contributed by atoms with Gasteiger partial charge in [0.15, 0.2) is 0 Å². The first-order chi connectivity index (χ1) is 7.62. The van der Waals surface area contributed by atoms with Crippen molar-refractivity contribution < 1.29 is 19.0 Å². The molecule has 1 heterocycles. The molecule has 0 bridgehead atoms. The zero-order valence-electron chi connectivity index (χ0n) is 8.37. The summed E-state index contributed by atoms with van der Waals surface area (Å²) in [6.45, 7) is -0.424. The first-order valence-corrected chi connectivity index (χ1v) is 4.61. The minimum absolute atomic E-state index is 0.0337. The van der Waals surface area contributed by atoms with Crippen LogP contribution in [-0.2, 0) is 0 Å². The minimum Gasteiger partial charge on any atom is -0.395 e. The molecule has 0 atom stereocenters. The molecular formula is C7H13F2N5O2. The molecule has 0 radical (unpaired) electrons. The summed E-state index contributed by atoms with van der Waals surface area (Å²) in [5, 5.41) is 23.9. The summed E-state index contributed by atoms with van der Waals surface area (Å²) in [5.74, 6) is -1.73. The summed E-state index contributed by atoms with van der Waals surface area (Å²) in [6.07, 6.45) is -2.30. The van der Waals surface area contributed by atoms with E-state index in [0.29, 0.717) is 0 Å². The van der Waals surface area contributed by atoms with E-state index in [1.165, 1.54) is 0 Å². The number of rotatable bonds is 6.